The van der Waals surface area contributed by atoms with Crippen molar-refractivity contribution in [1.82, 2.24) is 4.90 Å². The van der Waals surface area contributed by atoms with E-state index < -0.39 is 0 Å². The van der Waals surface area contributed by atoms with Crippen LogP contribution in [0.4, 0.5) is 0 Å². The normalized spacial score (nSPS) is 10.1. The first-order chi connectivity index (χ1) is 9.60. The Balaban J connectivity index is 2.83. The van der Waals surface area contributed by atoms with Crippen molar-refractivity contribution in [2.24, 2.45) is 0 Å². The van der Waals surface area contributed by atoms with E-state index in [4.69, 9.17) is 10.2 Å². The zero-order valence-corrected chi connectivity index (χ0v) is 12.0. The van der Waals surface area contributed by atoms with Gasteiger partial charge in [-0.3, -0.25) is 4.79 Å². The Morgan fingerprint density at radius 1 is 1.25 bits per heavy atom. The van der Waals surface area contributed by atoms with Crippen molar-refractivity contribution < 1.29 is 15.0 Å². The van der Waals surface area contributed by atoms with Crippen LogP contribution >= 0.6 is 0 Å². The van der Waals surface area contributed by atoms with Gasteiger partial charge in [0.1, 0.15) is 6.61 Å². The van der Waals surface area contributed by atoms with Crippen LogP contribution in [0.5, 0.6) is 0 Å². The van der Waals surface area contributed by atoms with Gasteiger partial charge < -0.3 is 15.1 Å². The summed E-state index contributed by atoms with van der Waals surface area (Å²) in [4.78, 5) is 14.1. The zero-order valence-electron chi connectivity index (χ0n) is 12.0. The highest BCUT2D eigenvalue weighted by Gasteiger charge is 2.17. The third-order valence-corrected chi connectivity index (χ3v) is 2.88. The fraction of sp³-hybridized carbons (Fsp3) is 0.438. The van der Waals surface area contributed by atoms with Gasteiger partial charge in [-0.25, -0.2) is 0 Å². The second kappa shape index (κ2) is 8.36. The van der Waals surface area contributed by atoms with E-state index in [1.807, 2.05) is 13.8 Å². The second-order valence-electron chi connectivity index (χ2n) is 4.71. The van der Waals surface area contributed by atoms with Crippen LogP contribution in [-0.2, 0) is 0 Å². The number of benzene rings is 1. The lowest BCUT2D eigenvalue weighted by Gasteiger charge is -2.26. The summed E-state index contributed by atoms with van der Waals surface area (Å²) in [6.07, 6.45) is 0.573. The minimum Gasteiger partial charge on any atom is -0.396 e. The summed E-state index contributed by atoms with van der Waals surface area (Å²) in [6.45, 7) is 4.35. The molecule has 108 valence electrons. The summed E-state index contributed by atoms with van der Waals surface area (Å²) in [5, 5.41) is 17.5. The first kappa shape index (κ1) is 16.2. The lowest BCUT2D eigenvalue weighted by molar-refractivity contribution is 0.0693. The molecule has 0 atom stereocenters. The Morgan fingerprint density at radius 3 is 2.40 bits per heavy atom. The van der Waals surface area contributed by atoms with Gasteiger partial charge in [-0.1, -0.05) is 11.8 Å². The minimum absolute atomic E-state index is 0.0462. The molecule has 0 aliphatic heterocycles. The first-order valence-electron chi connectivity index (χ1n) is 6.71. The van der Waals surface area contributed by atoms with Crippen LogP contribution < -0.4 is 0 Å². The maximum atomic E-state index is 12.4. The molecular formula is C16H21NO3. The fourth-order valence-electron chi connectivity index (χ4n) is 1.84. The Morgan fingerprint density at radius 2 is 1.90 bits per heavy atom. The van der Waals surface area contributed by atoms with Crippen LogP contribution in [0.25, 0.3) is 0 Å². The van der Waals surface area contributed by atoms with Gasteiger partial charge in [-0.15, -0.1) is 0 Å². The first-order valence-corrected chi connectivity index (χ1v) is 6.71. The SMILES string of the molecule is CC(C)N(CCCO)C(=O)c1ccc(C#CCO)cc1. The molecule has 1 amide bonds. The van der Waals surface area contributed by atoms with Gasteiger partial charge >= 0.3 is 0 Å². The highest BCUT2D eigenvalue weighted by atomic mass is 16.3. The Hall–Kier alpha value is -1.83. The molecule has 1 rings (SSSR count). The molecule has 1 aromatic rings. The van der Waals surface area contributed by atoms with E-state index in [1.54, 1.807) is 29.2 Å². The third-order valence-electron chi connectivity index (χ3n) is 2.88. The Labute approximate surface area is 120 Å². The minimum atomic E-state index is -0.178. The van der Waals surface area contributed by atoms with E-state index in [2.05, 4.69) is 11.8 Å². The molecule has 0 heterocycles. The van der Waals surface area contributed by atoms with Crippen molar-refractivity contribution in [2.45, 2.75) is 26.3 Å². The van der Waals surface area contributed by atoms with Crippen molar-refractivity contribution in [2.75, 3.05) is 19.8 Å². The number of nitrogens with zero attached hydrogens (tertiary/aromatic N) is 1. The van der Waals surface area contributed by atoms with Crippen molar-refractivity contribution in [3.63, 3.8) is 0 Å². The van der Waals surface area contributed by atoms with Crippen molar-refractivity contribution in [3.05, 3.63) is 35.4 Å². The molecule has 0 aromatic heterocycles. The molecule has 0 unspecified atom stereocenters. The lowest BCUT2D eigenvalue weighted by atomic mass is 10.1. The molecule has 20 heavy (non-hydrogen) atoms. The lowest BCUT2D eigenvalue weighted by Crippen LogP contribution is -2.38. The van der Waals surface area contributed by atoms with Crippen LogP contribution in [0.15, 0.2) is 24.3 Å². The monoisotopic (exact) mass is 275 g/mol. The smallest absolute Gasteiger partial charge is 0.254 e. The van der Waals surface area contributed by atoms with Gasteiger partial charge in [-0.2, -0.15) is 0 Å². The predicted octanol–water partition coefficient (Wildman–Crippen LogP) is 1.26. The van der Waals surface area contributed by atoms with Crippen LogP contribution in [0.1, 0.15) is 36.2 Å². The van der Waals surface area contributed by atoms with Crippen molar-refractivity contribution in [1.29, 1.82) is 0 Å². The van der Waals surface area contributed by atoms with Gasteiger partial charge in [0, 0.05) is 30.3 Å². The van der Waals surface area contributed by atoms with Crippen molar-refractivity contribution >= 4 is 5.91 Å². The molecule has 0 saturated heterocycles. The summed E-state index contributed by atoms with van der Waals surface area (Å²) in [5.41, 5.74) is 1.37. The quantitative estimate of drug-likeness (QED) is 0.795. The summed E-state index contributed by atoms with van der Waals surface area (Å²) in [7, 11) is 0. The number of rotatable bonds is 5. The third kappa shape index (κ3) is 4.69. The van der Waals surface area contributed by atoms with Crippen molar-refractivity contribution in [3.8, 4) is 11.8 Å². The molecule has 0 spiro atoms. The van der Waals surface area contributed by atoms with E-state index in [-0.39, 0.29) is 25.2 Å². The van der Waals surface area contributed by atoms with Crippen LogP contribution in [0, 0.1) is 11.8 Å². The van der Waals surface area contributed by atoms with Gasteiger partial charge in [-0.05, 0) is 44.5 Å². The molecule has 0 saturated carbocycles. The van der Waals surface area contributed by atoms with E-state index >= 15 is 0 Å². The van der Waals surface area contributed by atoms with E-state index in [0.717, 1.165) is 5.56 Å². The fourth-order valence-corrected chi connectivity index (χ4v) is 1.84. The Kier molecular flexibility index (Phi) is 6.78. The molecule has 0 radical (unpaired) electrons. The van der Waals surface area contributed by atoms with Gasteiger partial charge in [0.25, 0.3) is 5.91 Å². The molecule has 4 nitrogen and oxygen atoms in total. The number of carbonyl (C=O) groups is 1. The summed E-state index contributed by atoms with van der Waals surface area (Å²) in [6, 6.07) is 7.08. The number of hydrogen-bond donors (Lipinski definition) is 2. The van der Waals surface area contributed by atoms with Gasteiger partial charge in [0.05, 0.1) is 0 Å². The van der Waals surface area contributed by atoms with E-state index in [1.165, 1.54) is 0 Å². The molecule has 0 bridgehead atoms. The molecule has 0 aliphatic carbocycles. The zero-order chi connectivity index (χ0) is 15.0. The summed E-state index contributed by atoms with van der Waals surface area (Å²) >= 11 is 0. The topological polar surface area (TPSA) is 60.8 Å². The highest BCUT2D eigenvalue weighted by molar-refractivity contribution is 5.94. The standard InChI is InChI=1S/C16H21NO3/c1-13(2)17(10-4-12-19)16(20)15-8-6-14(7-9-15)5-3-11-18/h6-9,13,18-19H,4,10-12H2,1-2H3. The molecule has 0 fully saturated rings. The Bertz CT molecular complexity index is 483. The number of carbonyl (C=O) groups excluding carboxylic acids is 1. The largest absolute Gasteiger partial charge is 0.396 e. The summed E-state index contributed by atoms with van der Waals surface area (Å²) in [5.74, 6) is 5.31. The van der Waals surface area contributed by atoms with E-state index in [0.29, 0.717) is 18.5 Å². The maximum absolute atomic E-state index is 12.4. The number of hydrogen-bond acceptors (Lipinski definition) is 3. The molecule has 0 aliphatic rings. The van der Waals surface area contributed by atoms with Crippen LogP contribution in [-0.4, -0.2) is 46.8 Å². The van der Waals surface area contributed by atoms with Gasteiger partial charge in [0.15, 0.2) is 0 Å². The average molecular weight is 275 g/mol. The molecule has 2 N–H and O–H groups in total. The predicted molar refractivity (Wildman–Crippen MR) is 78.3 cm³/mol. The maximum Gasteiger partial charge on any atom is 0.254 e. The number of amides is 1. The molecule has 4 heteroatoms. The van der Waals surface area contributed by atoms with Gasteiger partial charge in [0.2, 0.25) is 0 Å². The highest BCUT2D eigenvalue weighted by Crippen LogP contribution is 2.10. The van der Waals surface area contributed by atoms with E-state index in [9.17, 15) is 4.79 Å². The number of aliphatic hydroxyl groups is 2. The number of aliphatic hydroxyl groups excluding tert-OH is 2. The molecular weight excluding hydrogens is 254 g/mol. The second-order valence-corrected chi connectivity index (χ2v) is 4.71. The molecule has 1 aromatic carbocycles. The summed E-state index contributed by atoms with van der Waals surface area (Å²) < 4.78 is 0. The average Bonchev–Trinajstić information content (AvgIpc) is 2.45. The van der Waals surface area contributed by atoms with Crippen LogP contribution in [0.3, 0.4) is 0 Å². The van der Waals surface area contributed by atoms with Crippen LogP contribution in [0.2, 0.25) is 0 Å².